The second-order valence-corrected chi connectivity index (χ2v) is 5.92. The molecule has 2 aromatic carbocycles. The minimum absolute atomic E-state index is 0.00387. The highest BCUT2D eigenvalue weighted by Crippen LogP contribution is 2.19. The molecule has 1 fully saturated rings. The molecule has 3 rings (SSSR count). The topological polar surface area (TPSA) is 66.7 Å². The number of benzene rings is 2. The van der Waals surface area contributed by atoms with Crippen molar-refractivity contribution in [3.63, 3.8) is 0 Å². The van der Waals surface area contributed by atoms with Gasteiger partial charge in [-0.15, -0.1) is 0 Å². The summed E-state index contributed by atoms with van der Waals surface area (Å²) < 4.78 is 0. The Balaban J connectivity index is 1.63. The van der Waals surface area contributed by atoms with Gasteiger partial charge in [-0.3, -0.25) is 14.9 Å². The summed E-state index contributed by atoms with van der Waals surface area (Å²) in [4.78, 5) is 26.8. The third-order valence-corrected chi connectivity index (χ3v) is 4.26. The van der Waals surface area contributed by atoms with E-state index in [1.54, 1.807) is 4.90 Å². The number of amides is 1. The third-order valence-electron chi connectivity index (χ3n) is 4.26. The fourth-order valence-electron chi connectivity index (χ4n) is 2.90. The average Bonchev–Trinajstić information content (AvgIpc) is 2.61. The molecule has 0 aromatic heterocycles. The van der Waals surface area contributed by atoms with E-state index in [9.17, 15) is 14.9 Å². The first-order valence-electron chi connectivity index (χ1n) is 7.90. The monoisotopic (exact) mass is 325 g/mol. The number of hydrogen-bond acceptors (Lipinski definition) is 4. The van der Waals surface area contributed by atoms with E-state index < -0.39 is 4.92 Å². The van der Waals surface area contributed by atoms with Crippen LogP contribution < -0.4 is 4.90 Å². The summed E-state index contributed by atoms with van der Waals surface area (Å²) in [6.07, 6.45) is 0. The molecule has 1 heterocycles. The zero-order valence-electron chi connectivity index (χ0n) is 13.5. The number of carbonyl (C=O) groups excluding carboxylic acids is 1. The van der Waals surface area contributed by atoms with E-state index in [1.165, 1.54) is 35.5 Å². The van der Waals surface area contributed by atoms with Crippen molar-refractivity contribution in [1.82, 2.24) is 4.90 Å². The van der Waals surface area contributed by atoms with E-state index in [4.69, 9.17) is 0 Å². The number of rotatable bonds is 3. The van der Waals surface area contributed by atoms with Gasteiger partial charge >= 0.3 is 0 Å². The van der Waals surface area contributed by atoms with Crippen LogP contribution in [0.1, 0.15) is 15.9 Å². The molecule has 1 aliphatic heterocycles. The van der Waals surface area contributed by atoms with Crippen molar-refractivity contribution in [2.45, 2.75) is 6.92 Å². The van der Waals surface area contributed by atoms with Gasteiger partial charge in [0.1, 0.15) is 0 Å². The van der Waals surface area contributed by atoms with Gasteiger partial charge in [-0.05, 0) is 36.8 Å². The fourth-order valence-corrected chi connectivity index (χ4v) is 2.90. The average molecular weight is 325 g/mol. The normalized spacial score (nSPS) is 14.5. The summed E-state index contributed by atoms with van der Waals surface area (Å²) in [5, 5.41) is 10.7. The quantitative estimate of drug-likeness (QED) is 0.643. The van der Waals surface area contributed by atoms with Crippen molar-refractivity contribution in [3.8, 4) is 0 Å². The van der Waals surface area contributed by atoms with Gasteiger partial charge in [-0.2, -0.15) is 0 Å². The maximum atomic E-state index is 12.5. The Labute approximate surface area is 140 Å². The summed E-state index contributed by atoms with van der Waals surface area (Å²) >= 11 is 0. The van der Waals surface area contributed by atoms with Crippen LogP contribution >= 0.6 is 0 Å². The lowest BCUT2D eigenvalue weighted by Crippen LogP contribution is -2.48. The van der Waals surface area contributed by atoms with Crippen LogP contribution in [0.2, 0.25) is 0 Å². The van der Waals surface area contributed by atoms with Gasteiger partial charge in [0.05, 0.1) is 4.92 Å². The summed E-state index contributed by atoms with van der Waals surface area (Å²) in [6.45, 7) is 4.91. The van der Waals surface area contributed by atoms with E-state index in [0.29, 0.717) is 18.7 Å². The maximum Gasteiger partial charge on any atom is 0.269 e. The molecule has 24 heavy (non-hydrogen) atoms. The van der Waals surface area contributed by atoms with Gasteiger partial charge in [-0.25, -0.2) is 0 Å². The number of non-ortho nitro benzene ring substituents is 1. The Morgan fingerprint density at radius 1 is 1.04 bits per heavy atom. The molecule has 0 N–H and O–H groups in total. The maximum absolute atomic E-state index is 12.5. The van der Waals surface area contributed by atoms with Crippen LogP contribution in [0.4, 0.5) is 11.4 Å². The smallest absolute Gasteiger partial charge is 0.269 e. The van der Waals surface area contributed by atoms with Crippen LogP contribution in [-0.2, 0) is 0 Å². The number of nitro groups is 1. The lowest BCUT2D eigenvalue weighted by Gasteiger charge is -2.36. The minimum atomic E-state index is -0.463. The summed E-state index contributed by atoms with van der Waals surface area (Å²) in [7, 11) is 0. The number of aryl methyl sites for hydroxylation is 1. The molecule has 124 valence electrons. The van der Waals surface area contributed by atoms with E-state index in [-0.39, 0.29) is 11.6 Å². The first kappa shape index (κ1) is 16.0. The van der Waals surface area contributed by atoms with E-state index in [2.05, 4.69) is 30.0 Å². The lowest BCUT2D eigenvalue weighted by atomic mass is 10.1. The molecule has 1 amide bonds. The zero-order chi connectivity index (χ0) is 17.1. The van der Waals surface area contributed by atoms with E-state index in [1.807, 2.05) is 6.07 Å². The Morgan fingerprint density at radius 2 is 1.71 bits per heavy atom. The van der Waals surface area contributed by atoms with Crippen LogP contribution in [0.3, 0.4) is 0 Å². The van der Waals surface area contributed by atoms with Gasteiger partial charge in [0.2, 0.25) is 0 Å². The molecule has 0 atom stereocenters. The van der Waals surface area contributed by atoms with Crippen LogP contribution in [0.5, 0.6) is 0 Å². The molecule has 1 saturated heterocycles. The first-order chi connectivity index (χ1) is 11.5. The second kappa shape index (κ2) is 6.70. The van der Waals surface area contributed by atoms with Gasteiger partial charge in [0, 0.05) is 49.6 Å². The SMILES string of the molecule is Cc1cccc(N2CCN(C(=O)c3ccc([N+](=O)[O-])cc3)CC2)c1. The Bertz CT molecular complexity index is 750. The first-order valence-corrected chi connectivity index (χ1v) is 7.90. The molecule has 0 spiro atoms. The van der Waals surface area contributed by atoms with Crippen molar-refractivity contribution in [2.75, 3.05) is 31.1 Å². The zero-order valence-corrected chi connectivity index (χ0v) is 13.5. The second-order valence-electron chi connectivity index (χ2n) is 5.92. The number of hydrogen-bond donors (Lipinski definition) is 0. The molecule has 6 nitrogen and oxygen atoms in total. The summed E-state index contributed by atoms with van der Waals surface area (Å²) in [5.74, 6) is -0.0752. The third kappa shape index (κ3) is 3.37. The highest BCUT2D eigenvalue weighted by atomic mass is 16.6. The predicted octanol–water partition coefficient (Wildman–Crippen LogP) is 2.87. The number of nitrogens with zero attached hydrogens (tertiary/aromatic N) is 3. The predicted molar refractivity (Wildman–Crippen MR) is 92.4 cm³/mol. The van der Waals surface area contributed by atoms with Crippen LogP contribution in [-0.4, -0.2) is 41.9 Å². The summed E-state index contributed by atoms with van der Waals surface area (Å²) in [6, 6.07) is 14.1. The van der Waals surface area contributed by atoms with E-state index in [0.717, 1.165) is 13.1 Å². The standard InChI is InChI=1S/C18H19N3O3/c1-14-3-2-4-17(13-14)19-9-11-20(12-10-19)18(22)15-5-7-16(8-6-15)21(23)24/h2-8,13H,9-12H2,1H3. The summed E-state index contributed by atoms with van der Waals surface area (Å²) in [5.41, 5.74) is 2.88. The van der Waals surface area contributed by atoms with Crippen LogP contribution in [0.25, 0.3) is 0 Å². The molecule has 1 aliphatic rings. The van der Waals surface area contributed by atoms with Crippen molar-refractivity contribution in [1.29, 1.82) is 0 Å². The minimum Gasteiger partial charge on any atom is -0.368 e. The number of anilines is 1. The van der Waals surface area contributed by atoms with Gasteiger partial charge < -0.3 is 9.80 Å². The molecule has 0 unspecified atom stereocenters. The number of piperazine rings is 1. The number of nitro benzene ring substituents is 1. The highest BCUT2D eigenvalue weighted by molar-refractivity contribution is 5.94. The fraction of sp³-hybridized carbons (Fsp3) is 0.278. The molecular weight excluding hydrogens is 306 g/mol. The molecule has 2 aromatic rings. The van der Waals surface area contributed by atoms with Crippen molar-refractivity contribution in [3.05, 3.63) is 69.8 Å². The van der Waals surface area contributed by atoms with Crippen LogP contribution in [0.15, 0.2) is 48.5 Å². The highest BCUT2D eigenvalue weighted by Gasteiger charge is 2.22. The Kier molecular flexibility index (Phi) is 4.46. The molecule has 0 saturated carbocycles. The molecule has 0 aliphatic carbocycles. The number of carbonyl (C=O) groups is 1. The molecule has 0 radical (unpaired) electrons. The van der Waals surface area contributed by atoms with Crippen molar-refractivity contribution in [2.24, 2.45) is 0 Å². The lowest BCUT2D eigenvalue weighted by molar-refractivity contribution is -0.384. The van der Waals surface area contributed by atoms with Crippen molar-refractivity contribution < 1.29 is 9.72 Å². The molecular formula is C18H19N3O3. The Hall–Kier alpha value is -2.89. The van der Waals surface area contributed by atoms with Gasteiger partial charge in [0.25, 0.3) is 11.6 Å². The largest absolute Gasteiger partial charge is 0.368 e. The van der Waals surface area contributed by atoms with Gasteiger partial charge in [0.15, 0.2) is 0 Å². The Morgan fingerprint density at radius 3 is 2.29 bits per heavy atom. The molecule has 0 bridgehead atoms. The van der Waals surface area contributed by atoms with Gasteiger partial charge in [-0.1, -0.05) is 12.1 Å². The van der Waals surface area contributed by atoms with Crippen LogP contribution in [0, 0.1) is 17.0 Å². The molecule has 6 heteroatoms. The van der Waals surface area contributed by atoms with E-state index >= 15 is 0 Å². The van der Waals surface area contributed by atoms with Crippen molar-refractivity contribution >= 4 is 17.3 Å².